The molecule has 1 atom stereocenters. The van der Waals surface area contributed by atoms with E-state index in [2.05, 4.69) is 4.98 Å². The molecule has 1 aromatic heterocycles. The van der Waals surface area contributed by atoms with Gasteiger partial charge < -0.3 is 10.8 Å². The highest BCUT2D eigenvalue weighted by atomic mass is 35.5. The molecule has 11 heavy (non-hydrogen) atoms. The number of halogens is 2. The lowest BCUT2D eigenvalue weighted by Crippen LogP contribution is -2.13. The Kier molecular flexibility index (Phi) is 8.49. The van der Waals surface area contributed by atoms with Gasteiger partial charge in [-0.2, -0.15) is 0 Å². The fraction of sp³-hybridized carbons (Fsp3) is 0.400. The fourth-order valence-electron chi connectivity index (χ4n) is 0.496. The van der Waals surface area contributed by atoms with Crippen molar-refractivity contribution in [3.63, 3.8) is 0 Å². The first-order valence-electron chi connectivity index (χ1n) is 2.60. The Morgan fingerprint density at radius 2 is 2.27 bits per heavy atom. The number of hydrogen-bond donors (Lipinski definition) is 2. The number of rotatable bonds is 2. The zero-order valence-corrected chi connectivity index (χ0v) is 8.09. The second-order valence-electron chi connectivity index (χ2n) is 1.66. The van der Waals surface area contributed by atoms with Crippen LogP contribution in [0.1, 0.15) is 11.0 Å². The molecule has 1 rings (SSSR count). The summed E-state index contributed by atoms with van der Waals surface area (Å²) in [5.41, 5.74) is 5.44. The minimum atomic E-state index is -0.301. The van der Waals surface area contributed by atoms with Crippen molar-refractivity contribution in [3.8, 4) is 0 Å². The van der Waals surface area contributed by atoms with Crippen molar-refractivity contribution in [2.24, 2.45) is 5.73 Å². The van der Waals surface area contributed by atoms with Crippen LogP contribution in [-0.2, 0) is 0 Å². The molecule has 0 radical (unpaired) electrons. The first-order chi connectivity index (χ1) is 4.34. The van der Waals surface area contributed by atoms with Crippen LogP contribution in [-0.4, -0.2) is 16.7 Å². The first-order valence-corrected chi connectivity index (χ1v) is 3.48. The van der Waals surface area contributed by atoms with E-state index in [9.17, 15) is 0 Å². The molecule has 0 aromatic carbocycles. The maximum absolute atomic E-state index is 8.55. The number of aromatic nitrogens is 1. The van der Waals surface area contributed by atoms with Crippen molar-refractivity contribution in [3.05, 3.63) is 16.6 Å². The average Bonchev–Trinajstić information content (AvgIpc) is 2.37. The van der Waals surface area contributed by atoms with Crippen LogP contribution in [0.5, 0.6) is 0 Å². The number of aliphatic hydroxyl groups is 1. The van der Waals surface area contributed by atoms with E-state index in [1.807, 2.05) is 5.38 Å². The van der Waals surface area contributed by atoms with Gasteiger partial charge in [-0.15, -0.1) is 36.2 Å². The van der Waals surface area contributed by atoms with Gasteiger partial charge in [0.05, 0.1) is 12.6 Å². The van der Waals surface area contributed by atoms with Gasteiger partial charge in [0.2, 0.25) is 0 Å². The summed E-state index contributed by atoms with van der Waals surface area (Å²) in [6, 6.07) is -0.301. The molecule has 0 saturated carbocycles. The standard InChI is InChI=1S/C5H8N2OS.2ClH/c6-4(3-8)5-7-1-2-9-5;;/h1-2,4,8H,3,6H2;2*1H/t4-;;/m1../s1. The summed E-state index contributed by atoms with van der Waals surface area (Å²) in [6.45, 7) is -0.0342. The molecule has 0 spiro atoms. The SMILES string of the molecule is Cl.Cl.N[C@H](CO)c1nccs1. The van der Waals surface area contributed by atoms with E-state index in [0.717, 1.165) is 5.01 Å². The molecule has 0 unspecified atom stereocenters. The lowest BCUT2D eigenvalue weighted by Gasteiger charge is -2.00. The number of hydrogen-bond acceptors (Lipinski definition) is 4. The summed E-state index contributed by atoms with van der Waals surface area (Å²) in [5.74, 6) is 0. The predicted molar refractivity (Wildman–Crippen MR) is 50.6 cm³/mol. The maximum atomic E-state index is 8.55. The zero-order chi connectivity index (χ0) is 6.69. The first kappa shape index (κ1) is 13.7. The zero-order valence-electron chi connectivity index (χ0n) is 5.64. The molecule has 1 aromatic rings. The Labute approximate surface area is 81.5 Å². The van der Waals surface area contributed by atoms with Crippen molar-refractivity contribution in [2.75, 3.05) is 6.61 Å². The van der Waals surface area contributed by atoms with Crippen molar-refractivity contribution in [1.82, 2.24) is 4.98 Å². The van der Waals surface area contributed by atoms with Crippen LogP contribution in [0.3, 0.4) is 0 Å². The second kappa shape index (κ2) is 6.82. The molecule has 0 fully saturated rings. The van der Waals surface area contributed by atoms with Gasteiger partial charge in [-0.25, -0.2) is 4.98 Å². The Balaban J connectivity index is 0. The summed E-state index contributed by atoms with van der Waals surface area (Å²) in [6.07, 6.45) is 1.68. The maximum Gasteiger partial charge on any atom is 0.112 e. The van der Waals surface area contributed by atoms with Gasteiger partial charge in [-0.1, -0.05) is 0 Å². The normalized spacial score (nSPS) is 11.1. The van der Waals surface area contributed by atoms with Crippen LogP contribution in [0.4, 0.5) is 0 Å². The van der Waals surface area contributed by atoms with Crippen molar-refractivity contribution in [1.29, 1.82) is 0 Å². The molecular weight excluding hydrogens is 207 g/mol. The third-order valence-electron chi connectivity index (χ3n) is 0.965. The minimum absolute atomic E-state index is 0. The van der Waals surface area contributed by atoms with Gasteiger partial charge in [0.25, 0.3) is 0 Å². The van der Waals surface area contributed by atoms with Gasteiger partial charge >= 0.3 is 0 Å². The van der Waals surface area contributed by atoms with Gasteiger partial charge in [0.15, 0.2) is 0 Å². The smallest absolute Gasteiger partial charge is 0.112 e. The van der Waals surface area contributed by atoms with Crippen molar-refractivity contribution < 1.29 is 5.11 Å². The van der Waals surface area contributed by atoms with Crippen LogP contribution in [0.15, 0.2) is 11.6 Å². The quantitative estimate of drug-likeness (QED) is 0.776. The Morgan fingerprint density at radius 1 is 1.64 bits per heavy atom. The Bertz CT molecular complexity index is 171. The van der Waals surface area contributed by atoms with Crippen molar-refractivity contribution >= 4 is 36.2 Å². The molecule has 0 bridgehead atoms. The van der Waals surface area contributed by atoms with Crippen LogP contribution < -0.4 is 5.73 Å². The molecular formula is C5H10Cl2N2OS. The molecule has 0 aliphatic heterocycles. The molecule has 0 aliphatic carbocycles. The van der Waals surface area contributed by atoms with Gasteiger partial charge in [0.1, 0.15) is 5.01 Å². The van der Waals surface area contributed by atoms with Gasteiger partial charge in [-0.05, 0) is 0 Å². The van der Waals surface area contributed by atoms with E-state index in [1.54, 1.807) is 6.20 Å². The van der Waals surface area contributed by atoms with Crippen LogP contribution in [0.2, 0.25) is 0 Å². The van der Waals surface area contributed by atoms with E-state index in [-0.39, 0.29) is 37.5 Å². The number of nitrogens with zero attached hydrogens (tertiary/aromatic N) is 1. The van der Waals surface area contributed by atoms with E-state index in [1.165, 1.54) is 11.3 Å². The summed E-state index contributed by atoms with van der Waals surface area (Å²) in [5, 5.41) is 11.2. The molecule has 66 valence electrons. The molecule has 3 N–H and O–H groups in total. The second-order valence-corrected chi connectivity index (χ2v) is 2.59. The molecule has 3 nitrogen and oxygen atoms in total. The van der Waals surface area contributed by atoms with Crippen LogP contribution in [0.25, 0.3) is 0 Å². The molecule has 6 heteroatoms. The largest absolute Gasteiger partial charge is 0.394 e. The molecule has 0 aliphatic rings. The summed E-state index contributed by atoms with van der Waals surface area (Å²) >= 11 is 1.46. The lowest BCUT2D eigenvalue weighted by atomic mass is 10.4. The Hall–Kier alpha value is 0.130. The topological polar surface area (TPSA) is 59.1 Å². The summed E-state index contributed by atoms with van der Waals surface area (Å²) in [7, 11) is 0. The Morgan fingerprint density at radius 3 is 2.64 bits per heavy atom. The molecule has 0 amide bonds. The fourth-order valence-corrected chi connectivity index (χ4v) is 1.13. The number of nitrogens with two attached hydrogens (primary N) is 1. The highest BCUT2D eigenvalue weighted by Gasteiger charge is 2.04. The van der Waals surface area contributed by atoms with E-state index < -0.39 is 0 Å². The monoisotopic (exact) mass is 216 g/mol. The molecule has 1 heterocycles. The van der Waals surface area contributed by atoms with E-state index >= 15 is 0 Å². The van der Waals surface area contributed by atoms with Crippen LogP contribution >= 0.6 is 36.2 Å². The van der Waals surface area contributed by atoms with E-state index in [4.69, 9.17) is 10.8 Å². The minimum Gasteiger partial charge on any atom is -0.394 e. The summed E-state index contributed by atoms with van der Waals surface area (Å²) in [4.78, 5) is 3.92. The third kappa shape index (κ3) is 3.88. The highest BCUT2D eigenvalue weighted by molar-refractivity contribution is 7.09. The van der Waals surface area contributed by atoms with Crippen molar-refractivity contribution in [2.45, 2.75) is 6.04 Å². The molecule has 0 saturated heterocycles. The predicted octanol–water partition coefficient (Wildman–Crippen LogP) is 0.979. The average molecular weight is 217 g/mol. The highest BCUT2D eigenvalue weighted by Crippen LogP contribution is 2.11. The van der Waals surface area contributed by atoms with E-state index in [0.29, 0.717) is 0 Å². The van der Waals surface area contributed by atoms with Gasteiger partial charge in [0, 0.05) is 11.6 Å². The lowest BCUT2D eigenvalue weighted by molar-refractivity contribution is 0.267. The van der Waals surface area contributed by atoms with Gasteiger partial charge in [-0.3, -0.25) is 0 Å². The summed E-state index contributed by atoms with van der Waals surface area (Å²) < 4.78 is 0. The third-order valence-corrected chi connectivity index (χ3v) is 1.87. The van der Waals surface area contributed by atoms with Crippen LogP contribution in [0, 0.1) is 0 Å². The number of aliphatic hydroxyl groups excluding tert-OH is 1. The number of thiazole rings is 1.